The van der Waals surface area contributed by atoms with E-state index in [9.17, 15) is 0 Å². The third kappa shape index (κ3) is 6.15. The fraction of sp³-hybridized carbons (Fsp3) is 0.688. The van der Waals surface area contributed by atoms with E-state index in [0.29, 0.717) is 12.1 Å². The van der Waals surface area contributed by atoms with Crippen LogP contribution in [-0.2, 0) is 0 Å². The van der Waals surface area contributed by atoms with Crippen LogP contribution in [0, 0.1) is 0 Å². The zero-order valence-corrected chi connectivity index (χ0v) is 12.2. The van der Waals surface area contributed by atoms with Crippen LogP contribution in [0.4, 0.5) is 0 Å². The minimum absolute atomic E-state index is 0.393. The minimum atomic E-state index is 0.393. The van der Waals surface area contributed by atoms with E-state index in [4.69, 9.17) is 0 Å². The maximum Gasteiger partial charge on any atom is 0.0315 e. The first-order chi connectivity index (χ1) is 8.74. The lowest BCUT2D eigenvalue weighted by Gasteiger charge is -2.20. The monoisotopic (exact) mass is 248 g/mol. The van der Waals surface area contributed by atoms with Gasteiger partial charge >= 0.3 is 0 Å². The molecule has 1 heterocycles. The predicted molar refractivity (Wildman–Crippen MR) is 78.6 cm³/mol. The lowest BCUT2D eigenvalue weighted by atomic mass is 10.1. The molecule has 2 atom stereocenters. The van der Waals surface area contributed by atoms with Gasteiger partial charge in [-0.15, -0.1) is 0 Å². The number of nitrogens with one attached hydrogen (secondary N) is 1. The fourth-order valence-corrected chi connectivity index (χ4v) is 2.29. The van der Waals surface area contributed by atoms with Gasteiger partial charge in [-0.1, -0.05) is 45.1 Å². The van der Waals surface area contributed by atoms with Crippen LogP contribution in [0.3, 0.4) is 0 Å². The van der Waals surface area contributed by atoms with Crippen LogP contribution in [0.5, 0.6) is 0 Å². The third-order valence-corrected chi connectivity index (χ3v) is 3.46. The Kier molecular flexibility index (Phi) is 7.66. The molecule has 0 radical (unpaired) electrons. The molecular weight excluding hydrogens is 220 g/mol. The van der Waals surface area contributed by atoms with Crippen molar-refractivity contribution in [2.75, 3.05) is 0 Å². The molecule has 1 aromatic heterocycles. The average Bonchev–Trinajstić information content (AvgIpc) is 2.39. The Morgan fingerprint density at radius 3 is 2.61 bits per heavy atom. The predicted octanol–water partition coefficient (Wildman–Crippen LogP) is 4.48. The second-order valence-corrected chi connectivity index (χ2v) is 5.28. The Hall–Kier alpha value is -0.890. The smallest absolute Gasteiger partial charge is 0.0315 e. The van der Waals surface area contributed by atoms with E-state index in [0.717, 1.165) is 0 Å². The highest BCUT2D eigenvalue weighted by Gasteiger charge is 2.08. The number of hydrogen-bond acceptors (Lipinski definition) is 2. The van der Waals surface area contributed by atoms with E-state index in [2.05, 4.69) is 37.1 Å². The molecule has 18 heavy (non-hydrogen) atoms. The van der Waals surface area contributed by atoms with Gasteiger partial charge in [0.2, 0.25) is 0 Å². The van der Waals surface area contributed by atoms with Crippen molar-refractivity contribution in [3.63, 3.8) is 0 Å². The van der Waals surface area contributed by atoms with Crippen LogP contribution in [0.1, 0.15) is 70.9 Å². The molecule has 1 aromatic rings. The first kappa shape index (κ1) is 15.2. The Morgan fingerprint density at radius 1 is 1.17 bits per heavy atom. The quantitative estimate of drug-likeness (QED) is 0.652. The molecule has 0 amide bonds. The van der Waals surface area contributed by atoms with Gasteiger partial charge in [-0.3, -0.25) is 4.98 Å². The summed E-state index contributed by atoms with van der Waals surface area (Å²) in [5.74, 6) is 0. The van der Waals surface area contributed by atoms with Crippen LogP contribution >= 0.6 is 0 Å². The van der Waals surface area contributed by atoms with Crippen LogP contribution in [0.2, 0.25) is 0 Å². The number of hydrogen-bond donors (Lipinski definition) is 1. The van der Waals surface area contributed by atoms with E-state index in [1.807, 2.05) is 18.5 Å². The van der Waals surface area contributed by atoms with Gasteiger partial charge in [-0.05, 0) is 31.9 Å². The maximum atomic E-state index is 4.17. The zero-order valence-electron chi connectivity index (χ0n) is 12.2. The van der Waals surface area contributed by atoms with Crippen LogP contribution in [-0.4, -0.2) is 11.0 Å². The molecule has 1 N–H and O–H groups in total. The van der Waals surface area contributed by atoms with Gasteiger partial charge < -0.3 is 5.32 Å². The number of nitrogens with zero attached hydrogens (tertiary/aromatic N) is 1. The first-order valence-electron chi connectivity index (χ1n) is 7.40. The highest BCUT2D eigenvalue weighted by atomic mass is 14.9. The molecule has 0 aromatic carbocycles. The molecule has 0 saturated heterocycles. The van der Waals surface area contributed by atoms with Gasteiger partial charge in [0.05, 0.1) is 0 Å². The molecule has 0 aliphatic heterocycles. The van der Waals surface area contributed by atoms with Gasteiger partial charge in [-0.25, -0.2) is 0 Å². The summed E-state index contributed by atoms with van der Waals surface area (Å²) in [5, 5.41) is 3.65. The topological polar surface area (TPSA) is 24.9 Å². The number of aromatic nitrogens is 1. The van der Waals surface area contributed by atoms with E-state index in [-0.39, 0.29) is 0 Å². The van der Waals surface area contributed by atoms with Gasteiger partial charge in [0.1, 0.15) is 0 Å². The van der Waals surface area contributed by atoms with Gasteiger partial charge in [0.25, 0.3) is 0 Å². The van der Waals surface area contributed by atoms with Gasteiger partial charge in [0, 0.05) is 24.5 Å². The highest BCUT2D eigenvalue weighted by molar-refractivity contribution is 5.12. The third-order valence-electron chi connectivity index (χ3n) is 3.46. The minimum Gasteiger partial charge on any atom is -0.308 e. The Labute approximate surface area is 112 Å². The van der Waals surface area contributed by atoms with Crippen molar-refractivity contribution in [2.24, 2.45) is 0 Å². The van der Waals surface area contributed by atoms with Crippen molar-refractivity contribution in [3.05, 3.63) is 30.1 Å². The van der Waals surface area contributed by atoms with Crippen molar-refractivity contribution in [2.45, 2.75) is 71.4 Å². The zero-order chi connectivity index (χ0) is 13.2. The normalized spacial score (nSPS) is 14.4. The van der Waals surface area contributed by atoms with Crippen molar-refractivity contribution in [3.8, 4) is 0 Å². The fourth-order valence-electron chi connectivity index (χ4n) is 2.29. The van der Waals surface area contributed by atoms with E-state index < -0.39 is 0 Å². The van der Waals surface area contributed by atoms with E-state index >= 15 is 0 Å². The van der Waals surface area contributed by atoms with Crippen molar-refractivity contribution < 1.29 is 0 Å². The van der Waals surface area contributed by atoms with E-state index in [1.165, 1.54) is 44.1 Å². The summed E-state index contributed by atoms with van der Waals surface area (Å²) in [5.41, 5.74) is 1.27. The Balaban J connectivity index is 2.17. The molecule has 2 unspecified atom stereocenters. The number of pyridine rings is 1. The standard InChI is InChI=1S/C16H28N2/c1-4-5-6-7-8-10-14(2)18-15(3)16-11-9-12-17-13-16/h9,11-15,18H,4-8,10H2,1-3H3. The lowest BCUT2D eigenvalue weighted by Crippen LogP contribution is -2.28. The molecule has 0 spiro atoms. The molecule has 2 heteroatoms. The molecule has 102 valence electrons. The van der Waals surface area contributed by atoms with Crippen molar-refractivity contribution in [1.29, 1.82) is 0 Å². The summed E-state index contributed by atoms with van der Waals surface area (Å²) in [6.07, 6.45) is 11.9. The lowest BCUT2D eigenvalue weighted by molar-refractivity contribution is 0.436. The molecule has 0 fully saturated rings. The molecular formula is C16H28N2. The van der Waals surface area contributed by atoms with Crippen molar-refractivity contribution in [1.82, 2.24) is 10.3 Å². The molecule has 1 rings (SSSR count). The molecule has 0 aliphatic rings. The summed E-state index contributed by atoms with van der Waals surface area (Å²) in [7, 11) is 0. The molecule has 2 nitrogen and oxygen atoms in total. The van der Waals surface area contributed by atoms with Gasteiger partial charge in [0.15, 0.2) is 0 Å². The summed E-state index contributed by atoms with van der Waals surface area (Å²) < 4.78 is 0. The highest BCUT2D eigenvalue weighted by Crippen LogP contribution is 2.13. The number of unbranched alkanes of at least 4 members (excludes halogenated alkanes) is 4. The largest absolute Gasteiger partial charge is 0.308 e. The second-order valence-electron chi connectivity index (χ2n) is 5.28. The Bertz CT molecular complexity index is 297. The molecule has 0 saturated carbocycles. The number of rotatable bonds is 9. The van der Waals surface area contributed by atoms with Crippen LogP contribution in [0.15, 0.2) is 24.5 Å². The molecule has 0 bridgehead atoms. The van der Waals surface area contributed by atoms with Crippen molar-refractivity contribution >= 4 is 0 Å². The van der Waals surface area contributed by atoms with E-state index in [1.54, 1.807) is 0 Å². The summed E-state index contributed by atoms with van der Waals surface area (Å²) >= 11 is 0. The van der Waals surface area contributed by atoms with Crippen LogP contribution in [0.25, 0.3) is 0 Å². The Morgan fingerprint density at radius 2 is 1.94 bits per heavy atom. The molecule has 0 aliphatic carbocycles. The summed E-state index contributed by atoms with van der Waals surface area (Å²) in [6.45, 7) is 6.76. The summed E-state index contributed by atoms with van der Waals surface area (Å²) in [4.78, 5) is 4.17. The van der Waals surface area contributed by atoms with Crippen LogP contribution < -0.4 is 5.32 Å². The second kappa shape index (κ2) is 9.09. The average molecular weight is 248 g/mol. The van der Waals surface area contributed by atoms with Gasteiger partial charge in [-0.2, -0.15) is 0 Å². The SMILES string of the molecule is CCCCCCCC(C)NC(C)c1cccnc1. The summed E-state index contributed by atoms with van der Waals surface area (Å²) in [6, 6.07) is 5.12. The first-order valence-corrected chi connectivity index (χ1v) is 7.40. The maximum absolute atomic E-state index is 4.17.